The molecule has 2 aliphatic heterocycles. The molecule has 1 aromatic heterocycles. The first-order chi connectivity index (χ1) is 14.0. The van der Waals surface area contributed by atoms with E-state index in [1.165, 1.54) is 36.8 Å². The van der Waals surface area contributed by atoms with Crippen molar-refractivity contribution < 1.29 is 18.7 Å². The summed E-state index contributed by atoms with van der Waals surface area (Å²) >= 11 is 1.34. The van der Waals surface area contributed by atoms with Crippen molar-refractivity contribution in [1.29, 1.82) is 0 Å². The van der Waals surface area contributed by atoms with Crippen LogP contribution in [0.1, 0.15) is 41.4 Å². The minimum absolute atomic E-state index is 0.00205. The zero-order valence-corrected chi connectivity index (χ0v) is 17.3. The Morgan fingerprint density at radius 1 is 1.24 bits per heavy atom. The standard InChI is InChI=1S/C22H25FN2O3S/c1-14(26)19-5-6-20(29-19)18-11-16(23)9-15-10-17(28-22(15)18)12-24-21(27)13-25-7-3-2-4-8-25/h5-6,9,11,17H,2-4,7-8,10,12-13H2,1H3,(H,24,27). The Labute approximate surface area is 173 Å². The fraction of sp³-hybridized carbons (Fsp3) is 0.455. The van der Waals surface area contributed by atoms with Crippen LogP contribution in [0.15, 0.2) is 24.3 Å². The van der Waals surface area contributed by atoms with E-state index in [1.807, 2.05) is 6.07 Å². The summed E-state index contributed by atoms with van der Waals surface area (Å²) in [7, 11) is 0. The molecule has 1 N–H and O–H groups in total. The Kier molecular flexibility index (Phi) is 5.96. The summed E-state index contributed by atoms with van der Waals surface area (Å²) < 4.78 is 20.3. The van der Waals surface area contributed by atoms with Gasteiger partial charge in [0.1, 0.15) is 17.7 Å². The number of Topliss-reactive ketones (excluding diaryl/α,β-unsaturated/α-hetero) is 1. The number of rotatable bonds is 6. The maximum absolute atomic E-state index is 14.2. The predicted octanol–water partition coefficient (Wildman–Crippen LogP) is 3.66. The fourth-order valence-corrected chi connectivity index (χ4v) is 4.88. The van der Waals surface area contributed by atoms with Crippen molar-refractivity contribution in [1.82, 2.24) is 10.2 Å². The van der Waals surface area contributed by atoms with Gasteiger partial charge in [-0.15, -0.1) is 11.3 Å². The number of amides is 1. The van der Waals surface area contributed by atoms with E-state index in [0.717, 1.165) is 36.4 Å². The molecule has 29 heavy (non-hydrogen) atoms. The smallest absolute Gasteiger partial charge is 0.234 e. The highest BCUT2D eigenvalue weighted by atomic mass is 32.1. The van der Waals surface area contributed by atoms with Gasteiger partial charge >= 0.3 is 0 Å². The van der Waals surface area contributed by atoms with Gasteiger partial charge in [-0.1, -0.05) is 6.42 Å². The van der Waals surface area contributed by atoms with Gasteiger partial charge in [0, 0.05) is 22.4 Å². The third-order valence-electron chi connectivity index (χ3n) is 5.42. The number of ketones is 1. The molecule has 1 saturated heterocycles. The molecular formula is C22H25FN2O3S. The average molecular weight is 417 g/mol. The molecule has 4 rings (SSSR count). The van der Waals surface area contributed by atoms with Crippen LogP contribution in [0.2, 0.25) is 0 Å². The monoisotopic (exact) mass is 416 g/mol. The molecule has 3 heterocycles. The molecule has 1 fully saturated rings. The van der Waals surface area contributed by atoms with Crippen LogP contribution in [-0.4, -0.2) is 48.9 Å². The van der Waals surface area contributed by atoms with Gasteiger partial charge in [0.25, 0.3) is 0 Å². The van der Waals surface area contributed by atoms with E-state index in [1.54, 1.807) is 6.07 Å². The number of thiophene rings is 1. The van der Waals surface area contributed by atoms with Crippen molar-refractivity contribution in [3.8, 4) is 16.2 Å². The molecule has 154 valence electrons. The number of fused-ring (bicyclic) bond motifs is 1. The molecule has 1 atom stereocenters. The normalized spacial score (nSPS) is 18.9. The Bertz CT molecular complexity index is 921. The Balaban J connectivity index is 1.41. The lowest BCUT2D eigenvalue weighted by Crippen LogP contribution is -2.42. The lowest BCUT2D eigenvalue weighted by molar-refractivity contribution is -0.122. The number of carbonyl (C=O) groups excluding carboxylic acids is 2. The van der Waals surface area contributed by atoms with Gasteiger partial charge in [-0.2, -0.15) is 0 Å². The third-order valence-corrected chi connectivity index (χ3v) is 6.64. The van der Waals surface area contributed by atoms with Gasteiger partial charge in [0.05, 0.1) is 18.0 Å². The van der Waals surface area contributed by atoms with Crippen molar-refractivity contribution >= 4 is 23.0 Å². The molecule has 2 aromatic rings. The molecule has 7 heteroatoms. The molecule has 0 bridgehead atoms. The van der Waals surface area contributed by atoms with Crippen LogP contribution in [0, 0.1) is 5.82 Å². The molecule has 0 spiro atoms. The number of nitrogens with one attached hydrogen (secondary N) is 1. The van der Waals surface area contributed by atoms with Crippen molar-refractivity contribution in [2.75, 3.05) is 26.2 Å². The number of ether oxygens (including phenoxy) is 1. The number of nitrogens with zero attached hydrogens (tertiary/aromatic N) is 1. The number of hydrogen-bond acceptors (Lipinski definition) is 5. The summed E-state index contributed by atoms with van der Waals surface area (Å²) in [6, 6.07) is 6.53. The number of carbonyl (C=O) groups is 2. The van der Waals surface area contributed by atoms with Crippen molar-refractivity contribution in [3.05, 3.63) is 40.5 Å². The number of likely N-dealkylation sites (tertiary alicyclic amines) is 1. The van der Waals surface area contributed by atoms with Gasteiger partial charge in [-0.05, 0) is 57.1 Å². The summed E-state index contributed by atoms with van der Waals surface area (Å²) in [5, 5.41) is 2.96. The summed E-state index contributed by atoms with van der Waals surface area (Å²) in [5.41, 5.74) is 1.47. The van der Waals surface area contributed by atoms with E-state index in [-0.39, 0.29) is 23.6 Å². The highest BCUT2D eigenvalue weighted by Crippen LogP contribution is 2.42. The molecule has 0 saturated carbocycles. The van der Waals surface area contributed by atoms with E-state index < -0.39 is 0 Å². The van der Waals surface area contributed by atoms with Gasteiger partial charge in [-0.25, -0.2) is 4.39 Å². The SMILES string of the molecule is CC(=O)c1ccc(-c2cc(F)cc3c2OC(CNC(=O)CN2CCCCC2)C3)s1. The van der Waals surface area contributed by atoms with E-state index in [0.29, 0.717) is 35.7 Å². The minimum Gasteiger partial charge on any atom is -0.487 e. The van der Waals surface area contributed by atoms with E-state index in [2.05, 4.69) is 10.2 Å². The maximum Gasteiger partial charge on any atom is 0.234 e. The fourth-order valence-electron chi connectivity index (χ4n) is 3.97. The Hall–Kier alpha value is -2.25. The van der Waals surface area contributed by atoms with Crippen LogP contribution in [-0.2, 0) is 11.2 Å². The predicted molar refractivity (Wildman–Crippen MR) is 111 cm³/mol. The van der Waals surface area contributed by atoms with Crippen LogP contribution in [0.4, 0.5) is 4.39 Å². The summed E-state index contributed by atoms with van der Waals surface area (Å²) in [5.74, 6) is 0.320. The largest absolute Gasteiger partial charge is 0.487 e. The van der Waals surface area contributed by atoms with Crippen molar-refractivity contribution in [2.45, 2.75) is 38.7 Å². The molecule has 1 unspecified atom stereocenters. The second-order valence-corrected chi connectivity index (χ2v) is 8.83. The first kappa shape index (κ1) is 20.0. The number of benzene rings is 1. The number of hydrogen-bond donors (Lipinski definition) is 1. The lowest BCUT2D eigenvalue weighted by atomic mass is 10.0. The molecule has 0 aliphatic carbocycles. The molecular weight excluding hydrogens is 391 g/mol. The van der Waals surface area contributed by atoms with Gasteiger partial charge in [0.15, 0.2) is 5.78 Å². The van der Waals surface area contributed by atoms with Crippen molar-refractivity contribution in [2.24, 2.45) is 0 Å². The van der Waals surface area contributed by atoms with Crippen molar-refractivity contribution in [3.63, 3.8) is 0 Å². The molecule has 1 aromatic carbocycles. The molecule has 0 radical (unpaired) electrons. The second-order valence-electron chi connectivity index (χ2n) is 7.75. The molecule has 2 aliphatic rings. The van der Waals surface area contributed by atoms with E-state index >= 15 is 0 Å². The number of halogens is 1. The number of piperidine rings is 1. The summed E-state index contributed by atoms with van der Waals surface area (Å²) in [6.45, 7) is 4.29. The zero-order chi connectivity index (χ0) is 20.4. The van der Waals surface area contributed by atoms with Gasteiger partial charge in [-0.3, -0.25) is 14.5 Å². The average Bonchev–Trinajstić information content (AvgIpc) is 3.33. The van der Waals surface area contributed by atoms with Crippen LogP contribution < -0.4 is 10.1 Å². The first-order valence-electron chi connectivity index (χ1n) is 10.1. The van der Waals surface area contributed by atoms with Gasteiger partial charge < -0.3 is 10.1 Å². The Morgan fingerprint density at radius 3 is 2.76 bits per heavy atom. The Morgan fingerprint density at radius 2 is 2.03 bits per heavy atom. The zero-order valence-electron chi connectivity index (χ0n) is 16.5. The van der Waals surface area contributed by atoms with Crippen LogP contribution in [0.3, 0.4) is 0 Å². The lowest BCUT2D eigenvalue weighted by Gasteiger charge is -2.25. The van der Waals surface area contributed by atoms with E-state index in [4.69, 9.17) is 4.74 Å². The topological polar surface area (TPSA) is 58.6 Å². The highest BCUT2D eigenvalue weighted by molar-refractivity contribution is 7.17. The molecule has 1 amide bonds. The summed E-state index contributed by atoms with van der Waals surface area (Å²) in [4.78, 5) is 27.5. The van der Waals surface area contributed by atoms with Gasteiger partial charge in [0.2, 0.25) is 5.91 Å². The quantitative estimate of drug-likeness (QED) is 0.730. The van der Waals surface area contributed by atoms with Crippen LogP contribution in [0.25, 0.3) is 10.4 Å². The third kappa shape index (κ3) is 4.67. The maximum atomic E-state index is 14.2. The first-order valence-corrected chi connectivity index (χ1v) is 10.9. The molecule has 5 nitrogen and oxygen atoms in total. The highest BCUT2D eigenvalue weighted by Gasteiger charge is 2.28. The summed E-state index contributed by atoms with van der Waals surface area (Å²) in [6.07, 6.45) is 3.87. The minimum atomic E-state index is -0.324. The van der Waals surface area contributed by atoms with E-state index in [9.17, 15) is 14.0 Å². The van der Waals surface area contributed by atoms with Crippen LogP contribution >= 0.6 is 11.3 Å². The van der Waals surface area contributed by atoms with Crippen LogP contribution in [0.5, 0.6) is 5.75 Å². The second kappa shape index (κ2) is 8.63.